The fourth-order valence-electron chi connectivity index (χ4n) is 3.05. The maximum atomic E-state index is 13.5. The van der Waals surface area contributed by atoms with Gasteiger partial charge in [-0.05, 0) is 32.0 Å². The summed E-state index contributed by atoms with van der Waals surface area (Å²) in [7, 11) is 0. The van der Waals surface area contributed by atoms with Gasteiger partial charge in [0.15, 0.2) is 5.13 Å². The molecule has 0 aliphatic rings. The highest BCUT2D eigenvalue weighted by Crippen LogP contribution is 2.41. The van der Waals surface area contributed by atoms with E-state index in [2.05, 4.69) is 25.8 Å². The topological polar surface area (TPSA) is 82.7 Å². The van der Waals surface area contributed by atoms with Gasteiger partial charge >= 0.3 is 6.18 Å². The summed E-state index contributed by atoms with van der Waals surface area (Å²) in [6, 6.07) is 3.64. The number of halogens is 5. The van der Waals surface area contributed by atoms with Crippen molar-refractivity contribution < 1.29 is 26.7 Å². The fraction of sp³-hybridized carbons (Fsp3) is 0.211. The minimum atomic E-state index is -4.66. The number of aromatic nitrogens is 3. The first-order chi connectivity index (χ1) is 14.4. The lowest BCUT2D eigenvalue weighted by Gasteiger charge is -2.25. The quantitative estimate of drug-likeness (QED) is 0.365. The predicted molar refractivity (Wildman–Crippen MR) is 107 cm³/mol. The van der Waals surface area contributed by atoms with Crippen molar-refractivity contribution >= 4 is 49.2 Å². The molecule has 162 valence electrons. The number of hydrogen-bond acceptors (Lipinski definition) is 5. The highest BCUT2D eigenvalue weighted by molar-refractivity contribution is 7.23. The molecule has 0 saturated carbocycles. The number of hydrogen-bond donors (Lipinski definition) is 3. The molecule has 0 fully saturated rings. The van der Waals surface area contributed by atoms with Crippen LogP contribution < -0.4 is 10.6 Å². The molecule has 6 nitrogen and oxygen atoms in total. The molecule has 0 aliphatic carbocycles. The monoisotopic (exact) mass is 455 g/mol. The summed E-state index contributed by atoms with van der Waals surface area (Å²) in [6.07, 6.45) is -3.28. The van der Waals surface area contributed by atoms with E-state index in [9.17, 15) is 26.7 Å². The SMILES string of the molecule is CC(C)(Nc1cc(F)cc(F)c1)C(=O)Nc1nc2c(C(F)(F)F)cc3[nH]ncc3c2s1. The third-order valence-corrected chi connectivity index (χ3v) is 5.50. The van der Waals surface area contributed by atoms with Crippen LogP contribution in [0.4, 0.5) is 32.8 Å². The summed E-state index contributed by atoms with van der Waals surface area (Å²) in [5.41, 5.74) is -2.41. The second-order valence-electron chi connectivity index (χ2n) is 7.31. The molecule has 4 aromatic rings. The van der Waals surface area contributed by atoms with Gasteiger partial charge < -0.3 is 5.32 Å². The number of fused-ring (bicyclic) bond motifs is 3. The van der Waals surface area contributed by atoms with Crippen LogP contribution in [0.2, 0.25) is 0 Å². The van der Waals surface area contributed by atoms with Crippen molar-refractivity contribution in [2.24, 2.45) is 0 Å². The van der Waals surface area contributed by atoms with Crippen LogP contribution in [0.15, 0.2) is 30.5 Å². The van der Waals surface area contributed by atoms with Crippen molar-refractivity contribution in [1.29, 1.82) is 0 Å². The summed E-state index contributed by atoms with van der Waals surface area (Å²) in [4.78, 5) is 16.7. The van der Waals surface area contributed by atoms with Crippen LogP contribution in [-0.2, 0) is 11.0 Å². The minimum Gasteiger partial charge on any atom is -0.371 e. The number of thiazole rings is 1. The van der Waals surface area contributed by atoms with Gasteiger partial charge in [0.05, 0.1) is 27.5 Å². The zero-order valence-corrected chi connectivity index (χ0v) is 16.8. The predicted octanol–water partition coefficient (Wildman–Crippen LogP) is 5.30. The lowest BCUT2D eigenvalue weighted by Crippen LogP contribution is -2.44. The Morgan fingerprint density at radius 3 is 2.42 bits per heavy atom. The Kier molecular flexibility index (Phi) is 4.84. The molecule has 3 N–H and O–H groups in total. The third-order valence-electron chi connectivity index (χ3n) is 4.50. The maximum absolute atomic E-state index is 13.5. The molecule has 4 rings (SSSR count). The number of H-pyrrole nitrogens is 1. The van der Waals surface area contributed by atoms with Crippen LogP contribution in [0.5, 0.6) is 0 Å². The fourth-order valence-corrected chi connectivity index (χ4v) is 4.05. The van der Waals surface area contributed by atoms with Crippen LogP contribution >= 0.6 is 11.3 Å². The van der Waals surface area contributed by atoms with E-state index in [4.69, 9.17) is 0 Å². The molecule has 2 aromatic heterocycles. The Morgan fingerprint density at radius 2 is 1.77 bits per heavy atom. The molecule has 0 radical (unpaired) electrons. The average molecular weight is 455 g/mol. The van der Waals surface area contributed by atoms with Gasteiger partial charge in [-0.2, -0.15) is 18.3 Å². The van der Waals surface area contributed by atoms with Gasteiger partial charge in [-0.3, -0.25) is 15.2 Å². The number of nitrogens with one attached hydrogen (secondary N) is 3. The van der Waals surface area contributed by atoms with Gasteiger partial charge in [0, 0.05) is 17.1 Å². The lowest BCUT2D eigenvalue weighted by molar-refractivity contribution is -0.136. The van der Waals surface area contributed by atoms with Gasteiger partial charge in [-0.1, -0.05) is 11.3 Å². The number of carbonyl (C=O) groups is 1. The molecular weight excluding hydrogens is 441 g/mol. The van der Waals surface area contributed by atoms with E-state index in [0.29, 0.717) is 11.5 Å². The molecule has 0 aliphatic heterocycles. The van der Waals surface area contributed by atoms with E-state index in [1.807, 2.05) is 0 Å². The van der Waals surface area contributed by atoms with Crippen LogP contribution in [-0.4, -0.2) is 26.6 Å². The van der Waals surface area contributed by atoms with Gasteiger partial charge in [-0.25, -0.2) is 13.8 Å². The Morgan fingerprint density at radius 1 is 1.10 bits per heavy atom. The van der Waals surface area contributed by atoms with E-state index in [0.717, 1.165) is 29.5 Å². The third kappa shape index (κ3) is 4.02. The van der Waals surface area contributed by atoms with Crippen LogP contribution in [0.3, 0.4) is 0 Å². The molecule has 1 amide bonds. The zero-order chi connectivity index (χ0) is 22.6. The number of benzene rings is 2. The smallest absolute Gasteiger partial charge is 0.371 e. The van der Waals surface area contributed by atoms with Crippen molar-refractivity contribution in [3.05, 3.63) is 47.7 Å². The zero-order valence-electron chi connectivity index (χ0n) is 16.0. The standard InChI is InChI=1S/C19H14F5N5OS/c1-18(2,28-10-4-8(20)3-9(21)5-10)16(30)27-17-26-14-12(19(22,23)24)6-13-11(7-25-29-13)15(14)31-17/h3-7,28H,1-2H3,(H,25,29)(H,26,27,30). The number of aromatic amines is 1. The Hall–Kier alpha value is -3.28. The molecule has 2 aromatic carbocycles. The molecule has 2 heterocycles. The van der Waals surface area contributed by atoms with E-state index in [-0.39, 0.29) is 26.6 Å². The highest BCUT2D eigenvalue weighted by Gasteiger charge is 2.36. The summed E-state index contributed by atoms with van der Waals surface area (Å²) >= 11 is 0.866. The van der Waals surface area contributed by atoms with Crippen molar-refractivity contribution in [3.63, 3.8) is 0 Å². The number of carbonyl (C=O) groups excluding carboxylic acids is 1. The van der Waals surface area contributed by atoms with Gasteiger partial charge in [0.1, 0.15) is 17.2 Å². The lowest BCUT2D eigenvalue weighted by atomic mass is 10.0. The van der Waals surface area contributed by atoms with E-state index >= 15 is 0 Å². The summed E-state index contributed by atoms with van der Waals surface area (Å²) < 4.78 is 67.5. The van der Waals surface area contributed by atoms with Crippen molar-refractivity contribution in [2.45, 2.75) is 25.6 Å². The first kappa shape index (κ1) is 21.0. The van der Waals surface area contributed by atoms with E-state index < -0.39 is 34.8 Å². The first-order valence-corrected chi connectivity index (χ1v) is 9.65. The normalized spacial score (nSPS) is 12.5. The van der Waals surface area contributed by atoms with Gasteiger partial charge in [0.25, 0.3) is 5.91 Å². The van der Waals surface area contributed by atoms with Crippen LogP contribution in [0.1, 0.15) is 19.4 Å². The molecule has 0 unspecified atom stereocenters. The second kappa shape index (κ2) is 7.15. The summed E-state index contributed by atoms with van der Waals surface area (Å²) in [5.74, 6) is -2.31. The van der Waals surface area contributed by atoms with Crippen molar-refractivity contribution in [2.75, 3.05) is 10.6 Å². The molecule has 31 heavy (non-hydrogen) atoms. The summed E-state index contributed by atoms with van der Waals surface area (Å²) in [5, 5.41) is 11.8. The molecular formula is C19H14F5N5OS. The Bertz CT molecular complexity index is 1290. The number of nitrogens with zero attached hydrogens (tertiary/aromatic N) is 2. The summed E-state index contributed by atoms with van der Waals surface area (Å²) in [6.45, 7) is 2.90. The number of anilines is 2. The average Bonchev–Trinajstić information content (AvgIpc) is 3.24. The van der Waals surface area contributed by atoms with E-state index in [1.165, 1.54) is 20.0 Å². The van der Waals surface area contributed by atoms with Crippen molar-refractivity contribution in [1.82, 2.24) is 15.2 Å². The van der Waals surface area contributed by atoms with E-state index in [1.54, 1.807) is 0 Å². The minimum absolute atomic E-state index is 0.0291. The highest BCUT2D eigenvalue weighted by atomic mass is 32.1. The molecule has 0 bridgehead atoms. The van der Waals surface area contributed by atoms with Gasteiger partial charge in [-0.15, -0.1) is 0 Å². The molecule has 12 heteroatoms. The number of alkyl halides is 3. The Balaban J connectivity index is 1.67. The number of amides is 1. The molecule has 0 saturated heterocycles. The largest absolute Gasteiger partial charge is 0.418 e. The maximum Gasteiger partial charge on any atom is 0.418 e. The van der Waals surface area contributed by atoms with Crippen LogP contribution in [0.25, 0.3) is 21.1 Å². The second-order valence-corrected chi connectivity index (χ2v) is 8.31. The van der Waals surface area contributed by atoms with Gasteiger partial charge in [0.2, 0.25) is 0 Å². The number of rotatable bonds is 4. The molecule has 0 spiro atoms. The van der Waals surface area contributed by atoms with Crippen molar-refractivity contribution in [3.8, 4) is 0 Å². The molecule has 0 atom stereocenters. The van der Waals surface area contributed by atoms with Crippen LogP contribution in [0, 0.1) is 11.6 Å². The first-order valence-electron chi connectivity index (χ1n) is 8.83. The Labute approximate surface area is 175 Å².